The number of hydrogen-bond acceptors (Lipinski definition) is 1. The highest BCUT2D eigenvalue weighted by Gasteiger charge is 2.45. The highest BCUT2D eigenvalue weighted by molar-refractivity contribution is 5.33. The van der Waals surface area contributed by atoms with Gasteiger partial charge in [0.2, 0.25) is 0 Å². The van der Waals surface area contributed by atoms with Crippen molar-refractivity contribution in [2.24, 2.45) is 29.6 Å². The first-order valence-corrected chi connectivity index (χ1v) is 11.4. The van der Waals surface area contributed by atoms with Crippen LogP contribution in [0.15, 0.2) is 18.2 Å². The van der Waals surface area contributed by atoms with Gasteiger partial charge in [-0.25, -0.2) is 4.39 Å². The van der Waals surface area contributed by atoms with Gasteiger partial charge < -0.3 is 0 Å². The lowest BCUT2D eigenvalue weighted by Gasteiger charge is -2.46. The predicted octanol–water partition coefficient (Wildman–Crippen LogP) is 7.60. The summed E-state index contributed by atoms with van der Waals surface area (Å²) in [7, 11) is 0. The molecule has 0 saturated heterocycles. The van der Waals surface area contributed by atoms with Gasteiger partial charge in [0.05, 0.1) is 6.10 Å². The zero-order valence-electron chi connectivity index (χ0n) is 17.2. The predicted molar refractivity (Wildman–Crippen MR) is 105 cm³/mol. The summed E-state index contributed by atoms with van der Waals surface area (Å²) in [6.07, 6.45) is 5.06. The summed E-state index contributed by atoms with van der Waals surface area (Å²) in [5.74, 6) is 1.79. The van der Waals surface area contributed by atoms with E-state index in [4.69, 9.17) is 0 Å². The Bertz CT molecular complexity index is 701. The third kappa shape index (κ3) is 4.81. The van der Waals surface area contributed by atoms with E-state index in [2.05, 4.69) is 11.7 Å². The molecule has 0 heterocycles. The van der Waals surface area contributed by atoms with Gasteiger partial charge in [0.1, 0.15) is 5.82 Å². The number of fused-ring (bicyclic) bond motifs is 2. The monoisotopic (exact) mass is 412 g/mol. The maximum Gasteiger partial charge on any atom is 0.523 e. The minimum absolute atomic E-state index is 0.180. The highest BCUT2D eigenvalue weighted by Crippen LogP contribution is 2.52. The van der Waals surface area contributed by atoms with Crippen LogP contribution in [0.25, 0.3) is 0 Å². The maximum absolute atomic E-state index is 13.9. The van der Waals surface area contributed by atoms with E-state index in [0.717, 1.165) is 36.7 Å². The fraction of sp³-hybridized carbons (Fsp3) is 0.750. The summed E-state index contributed by atoms with van der Waals surface area (Å²) >= 11 is 0. The Balaban J connectivity index is 1.51. The van der Waals surface area contributed by atoms with Crippen LogP contribution in [0.1, 0.15) is 81.9 Å². The molecule has 2 saturated carbocycles. The first-order valence-electron chi connectivity index (χ1n) is 11.4. The Hall–Kier alpha value is -1.10. The molecule has 0 aromatic heterocycles. The number of alkyl halides is 3. The van der Waals surface area contributed by atoms with Gasteiger partial charge in [0.15, 0.2) is 0 Å². The highest BCUT2D eigenvalue weighted by atomic mass is 19.4. The lowest BCUT2D eigenvalue weighted by molar-refractivity contribution is -0.354. The molecule has 6 unspecified atom stereocenters. The molecule has 2 fully saturated rings. The molecule has 0 amide bonds. The lowest BCUT2D eigenvalue weighted by Crippen LogP contribution is -2.38. The summed E-state index contributed by atoms with van der Waals surface area (Å²) in [4.78, 5) is 0. The van der Waals surface area contributed by atoms with Gasteiger partial charge >= 0.3 is 6.36 Å². The van der Waals surface area contributed by atoms with E-state index in [1.165, 1.54) is 44.2 Å². The second-order valence-electron chi connectivity index (χ2n) is 9.59. The van der Waals surface area contributed by atoms with Crippen molar-refractivity contribution in [3.8, 4) is 0 Å². The van der Waals surface area contributed by atoms with E-state index < -0.39 is 18.3 Å². The van der Waals surface area contributed by atoms with Gasteiger partial charge in [0.25, 0.3) is 0 Å². The second kappa shape index (κ2) is 8.56. The zero-order valence-corrected chi connectivity index (χ0v) is 17.2. The van der Waals surface area contributed by atoms with E-state index in [9.17, 15) is 17.6 Å². The Kier molecular flexibility index (Phi) is 6.24. The van der Waals surface area contributed by atoms with Gasteiger partial charge in [-0.15, -0.1) is 13.2 Å². The molecule has 0 radical (unpaired) electrons. The van der Waals surface area contributed by atoms with Crippen LogP contribution < -0.4 is 0 Å². The van der Waals surface area contributed by atoms with Gasteiger partial charge in [-0.3, -0.25) is 4.74 Å². The van der Waals surface area contributed by atoms with Crippen molar-refractivity contribution >= 4 is 0 Å². The third-order valence-electron chi connectivity index (χ3n) is 7.88. The second-order valence-corrected chi connectivity index (χ2v) is 9.59. The molecule has 1 nitrogen and oxygen atoms in total. The van der Waals surface area contributed by atoms with Crippen LogP contribution in [0.2, 0.25) is 0 Å². The van der Waals surface area contributed by atoms with Crippen molar-refractivity contribution in [3.05, 3.63) is 35.1 Å². The minimum Gasteiger partial charge on any atom is -0.283 e. The first-order chi connectivity index (χ1) is 13.8. The number of benzene rings is 1. The average Bonchev–Trinajstić information content (AvgIpc) is 2.67. The molecule has 0 N–H and O–H groups in total. The summed E-state index contributed by atoms with van der Waals surface area (Å²) in [6, 6.07) is 4.22. The van der Waals surface area contributed by atoms with Crippen LogP contribution in [0.5, 0.6) is 0 Å². The number of hydrogen-bond donors (Lipinski definition) is 0. The quantitative estimate of drug-likeness (QED) is 0.463. The van der Waals surface area contributed by atoms with Crippen LogP contribution in [0.4, 0.5) is 17.6 Å². The van der Waals surface area contributed by atoms with Crippen molar-refractivity contribution in [2.75, 3.05) is 0 Å². The normalized spacial score (nSPS) is 35.1. The SMILES string of the molecule is CCCC1CCC2CC(C3CCc4ccc(F)cc4C3OC(F)(F)F)CCC2C1. The van der Waals surface area contributed by atoms with E-state index in [1.54, 1.807) is 6.07 Å². The Morgan fingerprint density at radius 1 is 0.966 bits per heavy atom. The fourth-order valence-corrected chi connectivity index (χ4v) is 6.62. The molecule has 1 aromatic carbocycles. The van der Waals surface area contributed by atoms with E-state index in [1.807, 2.05) is 0 Å². The minimum atomic E-state index is -4.71. The average molecular weight is 413 g/mol. The Morgan fingerprint density at radius 2 is 1.69 bits per heavy atom. The van der Waals surface area contributed by atoms with Crippen molar-refractivity contribution in [2.45, 2.75) is 83.6 Å². The molecule has 162 valence electrons. The summed E-state index contributed by atoms with van der Waals surface area (Å²) in [5.41, 5.74) is 1.21. The maximum atomic E-state index is 13.9. The third-order valence-corrected chi connectivity index (χ3v) is 7.88. The molecule has 0 spiro atoms. The molecule has 0 aliphatic heterocycles. The number of halogens is 4. The zero-order chi connectivity index (χ0) is 20.6. The molecular formula is C24H32F4O. The Labute approximate surface area is 171 Å². The van der Waals surface area contributed by atoms with E-state index >= 15 is 0 Å². The van der Waals surface area contributed by atoms with Crippen LogP contribution >= 0.6 is 0 Å². The van der Waals surface area contributed by atoms with E-state index in [0.29, 0.717) is 24.3 Å². The molecule has 29 heavy (non-hydrogen) atoms. The fourth-order valence-electron chi connectivity index (χ4n) is 6.62. The van der Waals surface area contributed by atoms with Gasteiger partial charge in [0, 0.05) is 0 Å². The van der Waals surface area contributed by atoms with Crippen molar-refractivity contribution in [1.29, 1.82) is 0 Å². The molecule has 0 bridgehead atoms. The Morgan fingerprint density at radius 3 is 2.45 bits per heavy atom. The van der Waals surface area contributed by atoms with Crippen LogP contribution in [-0.4, -0.2) is 6.36 Å². The molecule has 4 rings (SSSR count). The molecular weight excluding hydrogens is 380 g/mol. The largest absolute Gasteiger partial charge is 0.523 e. The molecule has 1 aromatic rings. The van der Waals surface area contributed by atoms with Gasteiger partial charge in [-0.2, -0.15) is 0 Å². The van der Waals surface area contributed by atoms with Crippen LogP contribution in [0.3, 0.4) is 0 Å². The van der Waals surface area contributed by atoms with Crippen molar-refractivity contribution in [3.63, 3.8) is 0 Å². The molecule has 3 aliphatic carbocycles. The molecule has 3 aliphatic rings. The van der Waals surface area contributed by atoms with Gasteiger partial charge in [-0.05, 0) is 97.8 Å². The first kappa shape index (κ1) is 21.1. The topological polar surface area (TPSA) is 9.23 Å². The standard InChI is InChI=1S/C24H32F4O/c1-2-3-15-4-5-18-13-19(7-6-17(18)12-15)21-11-9-16-8-10-20(25)14-22(16)23(21)29-24(26,27)28/h8,10,14-15,17-19,21,23H,2-7,9,11-13H2,1H3. The molecule has 5 heteroatoms. The van der Waals surface area contributed by atoms with Crippen LogP contribution in [-0.2, 0) is 11.2 Å². The summed E-state index contributed by atoms with van der Waals surface area (Å²) in [6.45, 7) is 2.24. The van der Waals surface area contributed by atoms with E-state index in [-0.39, 0.29) is 11.8 Å². The van der Waals surface area contributed by atoms with Crippen LogP contribution in [0, 0.1) is 35.4 Å². The molecule has 6 atom stereocenters. The number of rotatable bonds is 4. The lowest BCUT2D eigenvalue weighted by atomic mass is 9.60. The van der Waals surface area contributed by atoms with Crippen molar-refractivity contribution in [1.82, 2.24) is 0 Å². The smallest absolute Gasteiger partial charge is 0.283 e. The van der Waals surface area contributed by atoms with Gasteiger partial charge in [-0.1, -0.05) is 32.3 Å². The summed E-state index contributed by atoms with van der Waals surface area (Å²) in [5, 5.41) is 0. The van der Waals surface area contributed by atoms with Crippen molar-refractivity contribution < 1.29 is 22.3 Å². The summed E-state index contributed by atoms with van der Waals surface area (Å²) < 4.78 is 58.2. The number of ether oxygens (including phenoxy) is 1. The number of aryl methyl sites for hydroxylation is 1.